The Bertz CT molecular complexity index is 1430. The van der Waals surface area contributed by atoms with Gasteiger partial charge in [0, 0.05) is 6.20 Å². The minimum absolute atomic E-state index is 0.0195. The summed E-state index contributed by atoms with van der Waals surface area (Å²) >= 11 is 5.76. The van der Waals surface area contributed by atoms with Crippen LogP contribution in [0.25, 0.3) is 0 Å². The van der Waals surface area contributed by atoms with Crippen molar-refractivity contribution in [2.24, 2.45) is 5.92 Å². The average Bonchev–Trinajstić information content (AvgIpc) is 3.69. The van der Waals surface area contributed by atoms with Crippen molar-refractivity contribution in [3.8, 4) is 11.6 Å². The zero-order valence-electron chi connectivity index (χ0n) is 25.3. The Labute approximate surface area is 261 Å². The third-order valence-corrected chi connectivity index (χ3v) is 10.0. The Morgan fingerprint density at radius 3 is 2.73 bits per heavy atom. The van der Waals surface area contributed by atoms with Crippen molar-refractivity contribution >= 4 is 36.2 Å². The second kappa shape index (κ2) is 12.9. The van der Waals surface area contributed by atoms with Crippen molar-refractivity contribution in [1.29, 1.82) is 0 Å². The number of nitrogen functional groups attached to an aromatic ring is 1. The van der Waals surface area contributed by atoms with Crippen molar-refractivity contribution in [3.05, 3.63) is 48.2 Å². The highest BCUT2D eigenvalue weighted by molar-refractivity contribution is 8.09. The summed E-state index contributed by atoms with van der Waals surface area (Å²) < 4.78 is 45.3. The number of ether oxygens (including phenoxy) is 3. The number of nitrogens with zero attached hydrogens (tertiary/aromatic N) is 3. The van der Waals surface area contributed by atoms with Gasteiger partial charge < -0.3 is 39.0 Å². The van der Waals surface area contributed by atoms with E-state index in [2.05, 4.69) is 15.1 Å². The minimum atomic E-state index is -3.48. The first-order chi connectivity index (χ1) is 20.8. The van der Waals surface area contributed by atoms with Gasteiger partial charge in [-0.3, -0.25) is 4.79 Å². The molecule has 2 aromatic rings. The first-order valence-corrected chi connectivity index (χ1v) is 17.2. The maximum atomic E-state index is 16.0. The number of benzene rings is 1. The number of carbonyl (C=O) groups is 1. The number of nitrogens with one attached hydrogen (secondary N) is 1. The summed E-state index contributed by atoms with van der Waals surface area (Å²) in [5.74, 6) is 0.904. The van der Waals surface area contributed by atoms with Gasteiger partial charge in [-0.05, 0) is 76.8 Å². The van der Waals surface area contributed by atoms with Gasteiger partial charge in [0.15, 0.2) is 12.4 Å². The molecule has 3 aliphatic rings. The van der Waals surface area contributed by atoms with Gasteiger partial charge in [-0.15, -0.1) is 0 Å². The number of hydrogen-bond donors (Lipinski definition) is 3. The maximum Gasteiger partial charge on any atom is 0.323 e. The van der Waals surface area contributed by atoms with E-state index in [9.17, 15) is 9.90 Å². The van der Waals surface area contributed by atoms with Crippen LogP contribution >= 0.6 is 6.64 Å². The number of esters is 1. The van der Waals surface area contributed by atoms with Crippen LogP contribution in [0.5, 0.6) is 11.6 Å². The van der Waals surface area contributed by atoms with Gasteiger partial charge in [-0.25, -0.2) is 9.48 Å². The number of alkyl halides is 1. The van der Waals surface area contributed by atoms with E-state index in [4.69, 9.17) is 40.8 Å². The number of allylic oxidation sites excluding steroid dienone is 1. The summed E-state index contributed by atoms with van der Waals surface area (Å²) in [6, 6.07) is 7.81. The van der Waals surface area contributed by atoms with E-state index in [1.807, 2.05) is 19.1 Å². The highest BCUT2D eigenvalue weighted by Crippen LogP contribution is 2.56. The first-order valence-electron chi connectivity index (χ1n) is 14.6. The molecule has 1 saturated carbocycles. The summed E-state index contributed by atoms with van der Waals surface area (Å²) in [7, 11) is 0. The lowest BCUT2D eigenvalue weighted by Crippen LogP contribution is -2.51. The van der Waals surface area contributed by atoms with Gasteiger partial charge in [-0.1, -0.05) is 24.3 Å². The largest absolute Gasteiger partial charge is 0.478 e. The molecule has 0 amide bonds. The van der Waals surface area contributed by atoms with Gasteiger partial charge >= 0.3 is 12.6 Å². The third-order valence-electron chi connectivity index (χ3n) is 7.51. The average molecular weight is 652 g/mol. The number of halogens is 1. The maximum absolute atomic E-state index is 16.0. The predicted molar refractivity (Wildman–Crippen MR) is 165 cm³/mol. The van der Waals surface area contributed by atoms with Crippen LogP contribution in [0.4, 0.5) is 16.2 Å². The fraction of sp³-hybridized carbons (Fsp3) is 0.552. The zero-order valence-corrected chi connectivity index (χ0v) is 27.0. The molecule has 1 aliphatic carbocycles. The lowest BCUT2D eigenvalue weighted by Gasteiger charge is -2.34. The molecule has 15 heteroatoms. The Kier molecular flexibility index (Phi) is 9.50. The molecule has 2 fully saturated rings. The minimum Gasteiger partial charge on any atom is -0.478 e. The number of fused-ring (bicyclic) bond motifs is 3. The van der Waals surface area contributed by atoms with E-state index in [0.717, 1.165) is 12.0 Å². The molecule has 3 heterocycles. The highest BCUT2D eigenvalue weighted by atomic mass is 32.5. The number of nitrogens with two attached hydrogens (primary N) is 1. The van der Waals surface area contributed by atoms with Crippen LogP contribution in [0.2, 0.25) is 0 Å². The zero-order chi connectivity index (χ0) is 31.8. The van der Waals surface area contributed by atoms with E-state index in [0.29, 0.717) is 24.1 Å². The lowest BCUT2D eigenvalue weighted by molar-refractivity contribution is -0.149. The molecule has 8 atom stereocenters. The number of anilines is 2. The Morgan fingerprint density at radius 1 is 1.32 bits per heavy atom. The van der Waals surface area contributed by atoms with Crippen LogP contribution in [-0.2, 0) is 30.6 Å². The van der Waals surface area contributed by atoms with Crippen molar-refractivity contribution in [1.82, 2.24) is 15.1 Å². The van der Waals surface area contributed by atoms with Crippen LogP contribution in [0.1, 0.15) is 52.5 Å². The normalized spacial score (nSPS) is 29.3. The SMILES string of the molecule is CCOc1nc(N)nc2c1C1CC1C=CN2C1OC(COP(=S)(NC(C)C(=O)OC(C)C)Oc2ccccc2)C(F)C1(C)O. The molecule has 1 saturated heterocycles. The topological polar surface area (TPSA) is 151 Å². The number of rotatable bonds is 12. The van der Waals surface area contributed by atoms with Crippen molar-refractivity contribution in [2.75, 3.05) is 23.8 Å². The van der Waals surface area contributed by atoms with Crippen LogP contribution in [0.15, 0.2) is 42.6 Å². The standard InChI is InChI=1S/C29H39FN5O7PS/c1-6-38-25-22-20-14-18(20)12-13-35(24(22)32-28(31)33-25)27-29(5,37)23(30)21(41-27)15-39-43(44,42-19-10-8-7-9-11-19)34-17(4)26(36)40-16(2)3/h7-13,16-18,20-21,23,27,37H,6,14-15H2,1-5H3,(H,34,44)(H2,31,32,33). The summed E-state index contributed by atoms with van der Waals surface area (Å²) in [4.78, 5) is 22.9. The fourth-order valence-electron chi connectivity index (χ4n) is 5.31. The van der Waals surface area contributed by atoms with E-state index in [1.165, 1.54) is 6.92 Å². The Morgan fingerprint density at radius 2 is 2.05 bits per heavy atom. The van der Waals surface area contributed by atoms with E-state index >= 15 is 4.39 Å². The van der Waals surface area contributed by atoms with Gasteiger partial charge in [0.1, 0.15) is 29.3 Å². The molecule has 240 valence electrons. The van der Waals surface area contributed by atoms with Crippen LogP contribution < -0.4 is 25.0 Å². The number of hydrogen-bond acceptors (Lipinski definition) is 12. The quantitative estimate of drug-likeness (QED) is 0.225. The van der Waals surface area contributed by atoms with Crippen molar-refractivity contribution < 1.29 is 37.5 Å². The smallest absolute Gasteiger partial charge is 0.323 e. The molecule has 1 aromatic carbocycles. The molecule has 0 bridgehead atoms. The number of aromatic nitrogens is 2. The molecule has 4 N–H and O–H groups in total. The summed E-state index contributed by atoms with van der Waals surface area (Å²) in [6.07, 6.45) is -0.0923. The van der Waals surface area contributed by atoms with Crippen LogP contribution in [0.3, 0.4) is 0 Å². The second-order valence-corrected chi connectivity index (χ2v) is 14.6. The molecule has 8 unspecified atom stereocenters. The first kappa shape index (κ1) is 32.5. The van der Waals surface area contributed by atoms with Crippen LogP contribution in [-0.4, -0.2) is 70.5 Å². The molecule has 1 aromatic heterocycles. The molecular weight excluding hydrogens is 612 g/mol. The fourth-order valence-corrected chi connectivity index (χ4v) is 7.72. The molecule has 2 aliphatic heterocycles. The molecule has 0 radical (unpaired) electrons. The van der Waals surface area contributed by atoms with Gasteiger partial charge in [0.2, 0.25) is 11.8 Å². The van der Waals surface area contributed by atoms with E-state index in [1.54, 1.807) is 56.1 Å². The summed E-state index contributed by atoms with van der Waals surface area (Å²) in [5.41, 5.74) is 4.78. The van der Waals surface area contributed by atoms with Gasteiger partial charge in [0.05, 0.1) is 24.9 Å². The van der Waals surface area contributed by atoms with Gasteiger partial charge in [0.25, 0.3) is 0 Å². The summed E-state index contributed by atoms with van der Waals surface area (Å²) in [6.45, 7) is 4.75. The summed E-state index contributed by atoms with van der Waals surface area (Å²) in [5, 5.41) is 14.4. The molecular formula is C29H39FN5O7PS. The Balaban J connectivity index is 1.38. The van der Waals surface area contributed by atoms with E-state index in [-0.39, 0.29) is 30.5 Å². The molecule has 0 spiro atoms. The van der Waals surface area contributed by atoms with E-state index < -0.39 is 42.8 Å². The second-order valence-electron chi connectivity index (χ2n) is 11.5. The molecule has 5 rings (SSSR count). The molecule has 12 nitrogen and oxygen atoms in total. The van der Waals surface area contributed by atoms with Gasteiger partial charge in [-0.2, -0.15) is 9.97 Å². The molecule has 44 heavy (non-hydrogen) atoms. The van der Waals surface area contributed by atoms with Crippen molar-refractivity contribution in [2.45, 2.75) is 83.2 Å². The monoisotopic (exact) mass is 651 g/mol. The lowest BCUT2D eigenvalue weighted by atomic mass is 9.97. The number of para-hydroxylation sites is 1. The van der Waals surface area contributed by atoms with Crippen LogP contribution in [0, 0.1) is 5.92 Å². The Hall–Kier alpha value is -2.87. The third kappa shape index (κ3) is 6.85. The number of carbonyl (C=O) groups excluding carboxylic acids is 1. The predicted octanol–water partition coefficient (Wildman–Crippen LogP) is 3.96. The number of aliphatic hydroxyl groups is 1. The highest BCUT2D eigenvalue weighted by Gasteiger charge is 2.57. The van der Waals surface area contributed by atoms with Crippen molar-refractivity contribution in [3.63, 3.8) is 0 Å².